The van der Waals surface area contributed by atoms with E-state index in [4.69, 9.17) is 24.4 Å². The van der Waals surface area contributed by atoms with Crippen LogP contribution in [-0.4, -0.2) is 12.6 Å². The molecular weight excluding hydrogens is 480 g/mol. The number of benzene rings is 3. The first-order valence-corrected chi connectivity index (χ1v) is 12.1. The normalized spacial score (nSPS) is 14.4. The second-order valence-electron chi connectivity index (χ2n) is 9.12. The lowest BCUT2D eigenvalue weighted by molar-refractivity contribution is 0.0702. The third-order valence-corrected chi connectivity index (χ3v) is 6.79. The van der Waals surface area contributed by atoms with Crippen LogP contribution >= 0.6 is 0 Å². The van der Waals surface area contributed by atoms with E-state index in [-0.39, 0.29) is 17.4 Å². The van der Waals surface area contributed by atoms with Crippen molar-refractivity contribution in [3.63, 3.8) is 0 Å². The summed E-state index contributed by atoms with van der Waals surface area (Å²) in [6.45, 7) is 9.83. The van der Waals surface area contributed by atoms with Gasteiger partial charge in [-0.15, -0.1) is 0 Å². The first-order chi connectivity index (χ1) is 18.3. The third kappa shape index (κ3) is 4.27. The van der Waals surface area contributed by atoms with Crippen LogP contribution in [0.5, 0.6) is 17.2 Å². The topological polar surface area (TPSA) is 108 Å². The Morgan fingerprint density at radius 1 is 1.08 bits per heavy atom. The van der Waals surface area contributed by atoms with Gasteiger partial charge in [-0.2, -0.15) is 5.26 Å². The maximum absolute atomic E-state index is 13.1. The summed E-state index contributed by atoms with van der Waals surface area (Å²) in [5.74, 6) is 0.433. The molecule has 0 saturated heterocycles. The summed E-state index contributed by atoms with van der Waals surface area (Å²) in [6.07, 6.45) is 1.67. The van der Waals surface area contributed by atoms with Gasteiger partial charge in [-0.1, -0.05) is 43.0 Å². The van der Waals surface area contributed by atoms with Gasteiger partial charge in [0, 0.05) is 22.6 Å². The minimum atomic E-state index is -0.612. The first kappa shape index (κ1) is 24.7. The number of nitrogens with two attached hydrogens (primary N) is 1. The smallest absolute Gasteiger partial charge is 0.379 e. The summed E-state index contributed by atoms with van der Waals surface area (Å²) in [6, 6.07) is 18.6. The number of allylic oxidation sites excluding steroid dienone is 1. The van der Waals surface area contributed by atoms with Crippen molar-refractivity contribution < 1.29 is 23.4 Å². The number of ether oxygens (including phenoxy) is 3. The Labute approximate surface area is 220 Å². The standard InChI is InChI=1S/C31H26N2O5/c1-5-14-35-21-9-7-20(8-10-21)27-24-13-11-22(15-26(24)37-30(33)25(27)16-32)36-31(34)29-19(4)23-12-6-17(2)18(3)28(23)38-29/h5-13,15,27H,1,14,33H2,2-4H3. The number of hydrogen-bond acceptors (Lipinski definition) is 7. The number of carbonyl (C=O) groups is 1. The van der Waals surface area contributed by atoms with Crippen molar-refractivity contribution >= 4 is 16.9 Å². The fourth-order valence-electron chi connectivity index (χ4n) is 4.62. The van der Waals surface area contributed by atoms with Gasteiger partial charge in [0.2, 0.25) is 11.6 Å². The summed E-state index contributed by atoms with van der Waals surface area (Å²) in [5, 5.41) is 10.7. The summed E-state index contributed by atoms with van der Waals surface area (Å²) in [4.78, 5) is 13.1. The predicted molar refractivity (Wildman–Crippen MR) is 143 cm³/mol. The molecule has 0 bridgehead atoms. The Balaban J connectivity index is 1.46. The van der Waals surface area contributed by atoms with E-state index in [1.54, 1.807) is 24.3 Å². The van der Waals surface area contributed by atoms with E-state index in [0.717, 1.165) is 27.6 Å². The van der Waals surface area contributed by atoms with Crippen molar-refractivity contribution in [2.45, 2.75) is 26.7 Å². The Morgan fingerprint density at radius 2 is 1.82 bits per heavy atom. The number of nitrogens with zero attached hydrogens (tertiary/aromatic N) is 1. The van der Waals surface area contributed by atoms with Crippen molar-refractivity contribution in [2.75, 3.05) is 6.61 Å². The number of rotatable bonds is 6. The van der Waals surface area contributed by atoms with E-state index >= 15 is 0 Å². The van der Waals surface area contributed by atoms with Crippen molar-refractivity contribution in [2.24, 2.45) is 5.73 Å². The second kappa shape index (κ2) is 9.83. The summed E-state index contributed by atoms with van der Waals surface area (Å²) >= 11 is 0. The summed E-state index contributed by atoms with van der Waals surface area (Å²) in [5.41, 5.74) is 11.4. The highest BCUT2D eigenvalue weighted by Gasteiger charge is 2.31. The largest absolute Gasteiger partial charge is 0.490 e. The zero-order valence-electron chi connectivity index (χ0n) is 21.3. The van der Waals surface area contributed by atoms with E-state index < -0.39 is 11.9 Å². The van der Waals surface area contributed by atoms with Gasteiger partial charge >= 0.3 is 5.97 Å². The molecule has 38 heavy (non-hydrogen) atoms. The van der Waals surface area contributed by atoms with E-state index in [2.05, 4.69) is 12.6 Å². The minimum Gasteiger partial charge on any atom is -0.490 e. The van der Waals surface area contributed by atoms with Crippen molar-refractivity contribution in [3.05, 3.63) is 112 Å². The van der Waals surface area contributed by atoms with Crippen LogP contribution in [0.15, 0.2) is 83.1 Å². The highest BCUT2D eigenvalue weighted by Crippen LogP contribution is 2.44. The lowest BCUT2D eigenvalue weighted by Crippen LogP contribution is -2.21. The van der Waals surface area contributed by atoms with Crippen LogP contribution in [0, 0.1) is 32.1 Å². The molecule has 0 aliphatic carbocycles. The van der Waals surface area contributed by atoms with Crippen LogP contribution in [0.2, 0.25) is 0 Å². The molecule has 1 aliphatic heterocycles. The average molecular weight is 507 g/mol. The molecule has 0 radical (unpaired) electrons. The quantitative estimate of drug-likeness (QED) is 0.184. The molecular formula is C31H26N2O5. The molecule has 0 saturated carbocycles. The van der Waals surface area contributed by atoms with Gasteiger partial charge < -0.3 is 24.4 Å². The molecule has 2 N–H and O–H groups in total. The maximum atomic E-state index is 13.1. The van der Waals surface area contributed by atoms with Crippen molar-refractivity contribution in [1.29, 1.82) is 5.26 Å². The predicted octanol–water partition coefficient (Wildman–Crippen LogP) is 6.36. The molecule has 2 heterocycles. The molecule has 1 atom stereocenters. The Bertz CT molecular complexity index is 1650. The van der Waals surface area contributed by atoms with Crippen molar-refractivity contribution in [3.8, 4) is 23.3 Å². The molecule has 1 aliphatic rings. The van der Waals surface area contributed by atoms with Crippen LogP contribution in [0.1, 0.15) is 44.3 Å². The molecule has 3 aromatic carbocycles. The average Bonchev–Trinajstić information content (AvgIpc) is 3.26. The van der Waals surface area contributed by atoms with Crippen LogP contribution in [0.3, 0.4) is 0 Å². The van der Waals surface area contributed by atoms with Crippen LogP contribution in [-0.2, 0) is 0 Å². The van der Waals surface area contributed by atoms with E-state index in [1.165, 1.54) is 0 Å². The molecule has 190 valence electrons. The number of carbonyl (C=O) groups excluding carboxylic acids is 1. The zero-order valence-corrected chi connectivity index (χ0v) is 21.3. The Morgan fingerprint density at radius 3 is 2.53 bits per heavy atom. The highest BCUT2D eigenvalue weighted by atomic mass is 16.5. The molecule has 4 aromatic rings. The number of hydrogen-bond donors (Lipinski definition) is 1. The van der Waals surface area contributed by atoms with Crippen LogP contribution < -0.4 is 19.9 Å². The molecule has 1 aromatic heterocycles. The minimum absolute atomic E-state index is 0.000524. The Kier molecular flexibility index (Phi) is 6.39. The number of esters is 1. The number of nitriles is 1. The monoisotopic (exact) mass is 506 g/mol. The third-order valence-electron chi connectivity index (χ3n) is 6.79. The van der Waals surface area contributed by atoms with E-state index in [9.17, 15) is 10.1 Å². The van der Waals surface area contributed by atoms with Gasteiger partial charge in [0.15, 0.2) is 0 Å². The van der Waals surface area contributed by atoms with Gasteiger partial charge in [-0.3, -0.25) is 0 Å². The van der Waals surface area contributed by atoms with Crippen LogP contribution in [0.25, 0.3) is 11.0 Å². The lowest BCUT2D eigenvalue weighted by atomic mass is 9.83. The zero-order chi connectivity index (χ0) is 27.0. The second-order valence-corrected chi connectivity index (χ2v) is 9.12. The van der Waals surface area contributed by atoms with Gasteiger partial charge in [0.05, 0.1) is 5.92 Å². The fraction of sp³-hybridized carbons (Fsp3) is 0.161. The van der Waals surface area contributed by atoms with E-state index in [0.29, 0.717) is 34.8 Å². The molecule has 0 amide bonds. The SMILES string of the molecule is C=CCOc1ccc(C2C(C#N)=C(N)Oc3cc(OC(=O)c4oc5c(C)c(C)ccc5c4C)ccc32)cc1. The van der Waals surface area contributed by atoms with Gasteiger partial charge in [0.25, 0.3) is 0 Å². The fourth-order valence-corrected chi connectivity index (χ4v) is 4.62. The van der Waals surface area contributed by atoms with Crippen LogP contribution in [0.4, 0.5) is 0 Å². The number of aryl methyl sites for hydroxylation is 3. The highest BCUT2D eigenvalue weighted by molar-refractivity contribution is 5.98. The molecule has 1 unspecified atom stereocenters. The molecule has 0 spiro atoms. The summed E-state index contributed by atoms with van der Waals surface area (Å²) in [7, 11) is 0. The van der Waals surface area contributed by atoms with Gasteiger partial charge in [-0.05, 0) is 55.7 Å². The van der Waals surface area contributed by atoms with E-state index in [1.807, 2.05) is 57.2 Å². The number of fused-ring (bicyclic) bond motifs is 2. The summed E-state index contributed by atoms with van der Waals surface area (Å²) < 4.78 is 22.9. The van der Waals surface area contributed by atoms with Crippen molar-refractivity contribution in [1.82, 2.24) is 0 Å². The van der Waals surface area contributed by atoms with Gasteiger partial charge in [-0.25, -0.2) is 4.79 Å². The molecule has 0 fully saturated rings. The maximum Gasteiger partial charge on any atom is 0.379 e. The molecule has 7 nitrogen and oxygen atoms in total. The lowest BCUT2D eigenvalue weighted by Gasteiger charge is -2.26. The molecule has 5 rings (SSSR count). The number of furan rings is 1. The first-order valence-electron chi connectivity index (χ1n) is 12.1. The Hall–Kier alpha value is -4.96. The van der Waals surface area contributed by atoms with Gasteiger partial charge in [0.1, 0.15) is 41.1 Å². The molecule has 7 heteroatoms.